The number of hydrogen-bond donors (Lipinski definition) is 1. The van der Waals surface area contributed by atoms with Crippen molar-refractivity contribution in [2.24, 2.45) is 0 Å². The maximum Gasteiger partial charge on any atom is 0.240 e. The number of nitrogens with zero attached hydrogens (tertiary/aromatic N) is 1. The van der Waals surface area contributed by atoms with E-state index in [9.17, 15) is 0 Å². The Morgan fingerprint density at radius 3 is 2.79 bits per heavy atom. The maximum atomic E-state index is 5.77. The summed E-state index contributed by atoms with van der Waals surface area (Å²) in [6.07, 6.45) is 0. The van der Waals surface area contributed by atoms with Crippen LogP contribution in [0.1, 0.15) is 12.5 Å². The van der Waals surface area contributed by atoms with Crippen LogP contribution in [0, 0.1) is 6.92 Å². The SMILES string of the molecule is CCOc1nc(Oc2cc(Br)ccc2C)ccc1N. The number of aryl methyl sites for hydroxylation is 1. The average Bonchev–Trinajstić information content (AvgIpc) is 2.38. The van der Waals surface area contributed by atoms with Crippen molar-refractivity contribution < 1.29 is 9.47 Å². The number of anilines is 1. The monoisotopic (exact) mass is 322 g/mol. The van der Waals surface area contributed by atoms with E-state index in [0.29, 0.717) is 24.1 Å². The van der Waals surface area contributed by atoms with E-state index in [4.69, 9.17) is 15.2 Å². The van der Waals surface area contributed by atoms with Crippen LogP contribution >= 0.6 is 15.9 Å². The standard InChI is InChI=1S/C14H15BrN2O2/c1-3-18-14-11(16)6-7-13(17-14)19-12-8-10(15)5-4-9(12)2/h4-8H,3,16H2,1-2H3. The minimum Gasteiger partial charge on any atom is -0.476 e. The Morgan fingerprint density at radius 1 is 1.26 bits per heavy atom. The van der Waals surface area contributed by atoms with Gasteiger partial charge < -0.3 is 15.2 Å². The zero-order valence-corrected chi connectivity index (χ0v) is 12.4. The normalized spacial score (nSPS) is 10.3. The lowest BCUT2D eigenvalue weighted by Gasteiger charge is -2.11. The highest BCUT2D eigenvalue weighted by Gasteiger charge is 2.07. The zero-order valence-electron chi connectivity index (χ0n) is 10.8. The van der Waals surface area contributed by atoms with Gasteiger partial charge in [0.1, 0.15) is 5.75 Å². The van der Waals surface area contributed by atoms with E-state index in [1.54, 1.807) is 12.1 Å². The molecule has 19 heavy (non-hydrogen) atoms. The maximum absolute atomic E-state index is 5.77. The number of halogens is 1. The van der Waals surface area contributed by atoms with Crippen LogP contribution in [0.5, 0.6) is 17.5 Å². The summed E-state index contributed by atoms with van der Waals surface area (Å²) >= 11 is 3.42. The number of ether oxygens (including phenoxy) is 2. The van der Waals surface area contributed by atoms with Gasteiger partial charge in [0, 0.05) is 10.5 Å². The van der Waals surface area contributed by atoms with Crippen molar-refractivity contribution in [3.05, 3.63) is 40.4 Å². The summed E-state index contributed by atoms with van der Waals surface area (Å²) in [5.41, 5.74) is 7.30. The van der Waals surface area contributed by atoms with Crippen molar-refractivity contribution in [3.63, 3.8) is 0 Å². The third-order valence-electron chi connectivity index (χ3n) is 2.51. The number of benzene rings is 1. The number of pyridine rings is 1. The number of hydrogen-bond acceptors (Lipinski definition) is 4. The van der Waals surface area contributed by atoms with Gasteiger partial charge in [-0.25, -0.2) is 0 Å². The lowest BCUT2D eigenvalue weighted by atomic mass is 10.2. The van der Waals surface area contributed by atoms with Gasteiger partial charge in [-0.3, -0.25) is 0 Å². The molecular weight excluding hydrogens is 308 g/mol. The molecule has 0 amide bonds. The van der Waals surface area contributed by atoms with E-state index in [-0.39, 0.29) is 0 Å². The van der Waals surface area contributed by atoms with Gasteiger partial charge in [0.05, 0.1) is 12.3 Å². The van der Waals surface area contributed by atoms with Gasteiger partial charge in [0.2, 0.25) is 11.8 Å². The smallest absolute Gasteiger partial charge is 0.240 e. The highest BCUT2D eigenvalue weighted by atomic mass is 79.9. The predicted molar refractivity (Wildman–Crippen MR) is 78.8 cm³/mol. The molecule has 2 rings (SSSR count). The molecule has 0 fully saturated rings. The highest BCUT2D eigenvalue weighted by molar-refractivity contribution is 9.10. The van der Waals surface area contributed by atoms with Crippen LogP contribution in [0.2, 0.25) is 0 Å². The summed E-state index contributed by atoms with van der Waals surface area (Å²) in [4.78, 5) is 4.24. The molecule has 0 aliphatic carbocycles. The Morgan fingerprint density at radius 2 is 2.05 bits per heavy atom. The largest absolute Gasteiger partial charge is 0.476 e. The van der Waals surface area contributed by atoms with Gasteiger partial charge in [-0.1, -0.05) is 22.0 Å². The molecule has 1 aromatic heterocycles. The van der Waals surface area contributed by atoms with Crippen molar-refractivity contribution in [3.8, 4) is 17.5 Å². The summed E-state index contributed by atoms with van der Waals surface area (Å²) in [5.74, 6) is 1.60. The van der Waals surface area contributed by atoms with Crippen molar-refractivity contribution in [1.82, 2.24) is 4.98 Å². The van der Waals surface area contributed by atoms with Crippen LogP contribution in [0.3, 0.4) is 0 Å². The fourth-order valence-electron chi connectivity index (χ4n) is 1.54. The van der Waals surface area contributed by atoms with Crippen LogP contribution in [-0.4, -0.2) is 11.6 Å². The van der Waals surface area contributed by atoms with Gasteiger partial charge in [-0.05, 0) is 37.6 Å². The lowest BCUT2D eigenvalue weighted by Crippen LogP contribution is -2.00. The molecule has 4 nitrogen and oxygen atoms in total. The first kappa shape index (κ1) is 13.7. The zero-order chi connectivity index (χ0) is 13.8. The second-order valence-electron chi connectivity index (χ2n) is 3.99. The van der Waals surface area contributed by atoms with E-state index in [0.717, 1.165) is 15.8 Å². The van der Waals surface area contributed by atoms with Crippen LogP contribution < -0.4 is 15.2 Å². The van der Waals surface area contributed by atoms with Gasteiger partial charge in [0.15, 0.2) is 0 Å². The lowest BCUT2D eigenvalue weighted by molar-refractivity contribution is 0.323. The molecule has 0 saturated carbocycles. The highest BCUT2D eigenvalue weighted by Crippen LogP contribution is 2.29. The second-order valence-corrected chi connectivity index (χ2v) is 4.90. The predicted octanol–water partition coefficient (Wildman–Crippen LogP) is 3.93. The third kappa shape index (κ3) is 3.38. The third-order valence-corrected chi connectivity index (χ3v) is 3.00. The molecule has 5 heteroatoms. The molecule has 0 aliphatic heterocycles. The van der Waals surface area contributed by atoms with Crippen molar-refractivity contribution in [2.45, 2.75) is 13.8 Å². The summed E-state index contributed by atoms with van der Waals surface area (Å²) in [5, 5.41) is 0. The molecule has 2 N–H and O–H groups in total. The number of rotatable bonds is 4. The fraction of sp³-hybridized carbons (Fsp3) is 0.214. The molecule has 0 unspecified atom stereocenters. The first-order valence-electron chi connectivity index (χ1n) is 5.93. The van der Waals surface area contributed by atoms with Crippen molar-refractivity contribution >= 4 is 21.6 Å². The molecule has 0 aliphatic rings. The summed E-state index contributed by atoms with van der Waals surface area (Å²) in [6.45, 7) is 4.37. The van der Waals surface area contributed by atoms with Crippen LogP contribution in [0.15, 0.2) is 34.8 Å². The molecular formula is C14H15BrN2O2. The van der Waals surface area contributed by atoms with E-state index in [1.165, 1.54) is 0 Å². The van der Waals surface area contributed by atoms with Crippen LogP contribution in [0.25, 0.3) is 0 Å². The molecule has 0 atom stereocenters. The number of aromatic nitrogens is 1. The van der Waals surface area contributed by atoms with Gasteiger partial charge >= 0.3 is 0 Å². The average molecular weight is 323 g/mol. The van der Waals surface area contributed by atoms with E-state index in [2.05, 4.69) is 20.9 Å². The summed E-state index contributed by atoms with van der Waals surface area (Å²) in [7, 11) is 0. The van der Waals surface area contributed by atoms with Gasteiger partial charge in [-0.2, -0.15) is 4.98 Å². The minimum absolute atomic E-state index is 0.396. The summed E-state index contributed by atoms with van der Waals surface area (Å²) < 4.78 is 12.1. The number of nitrogen functional groups attached to an aromatic ring is 1. The van der Waals surface area contributed by atoms with Gasteiger partial charge in [0.25, 0.3) is 0 Å². The van der Waals surface area contributed by atoms with Crippen LogP contribution in [-0.2, 0) is 0 Å². The van der Waals surface area contributed by atoms with Crippen molar-refractivity contribution in [2.75, 3.05) is 12.3 Å². The molecule has 1 aromatic carbocycles. The second kappa shape index (κ2) is 5.93. The van der Waals surface area contributed by atoms with Crippen molar-refractivity contribution in [1.29, 1.82) is 0 Å². The molecule has 0 saturated heterocycles. The van der Waals surface area contributed by atoms with E-state index < -0.39 is 0 Å². The Hall–Kier alpha value is -1.75. The first-order valence-corrected chi connectivity index (χ1v) is 6.72. The fourth-order valence-corrected chi connectivity index (χ4v) is 1.88. The summed E-state index contributed by atoms with van der Waals surface area (Å²) in [6, 6.07) is 9.27. The molecule has 0 spiro atoms. The molecule has 0 radical (unpaired) electrons. The topological polar surface area (TPSA) is 57.4 Å². The van der Waals surface area contributed by atoms with Crippen LogP contribution in [0.4, 0.5) is 5.69 Å². The Labute approximate surface area is 120 Å². The Balaban J connectivity index is 2.28. The Bertz CT molecular complexity index is 588. The Kier molecular flexibility index (Phi) is 4.27. The molecule has 100 valence electrons. The van der Waals surface area contributed by atoms with Gasteiger partial charge in [-0.15, -0.1) is 0 Å². The van der Waals surface area contributed by atoms with E-state index >= 15 is 0 Å². The molecule has 0 bridgehead atoms. The van der Waals surface area contributed by atoms with E-state index in [1.807, 2.05) is 32.0 Å². The quantitative estimate of drug-likeness (QED) is 0.926. The molecule has 2 aromatic rings. The number of nitrogens with two attached hydrogens (primary N) is 1. The first-order chi connectivity index (χ1) is 9.10. The molecule has 1 heterocycles. The minimum atomic E-state index is 0.396.